The Labute approximate surface area is 117 Å². The predicted octanol–water partition coefficient (Wildman–Crippen LogP) is 3.37. The molecule has 1 aromatic heterocycles. The summed E-state index contributed by atoms with van der Waals surface area (Å²) in [5.74, 6) is -2.45. The van der Waals surface area contributed by atoms with Gasteiger partial charge in [-0.15, -0.1) is 0 Å². The van der Waals surface area contributed by atoms with E-state index in [9.17, 15) is 13.2 Å². The molecule has 3 aromatic rings. The molecule has 104 valence electrons. The zero-order chi connectivity index (χ0) is 15.0. The van der Waals surface area contributed by atoms with Crippen molar-refractivity contribution in [2.75, 3.05) is 0 Å². The van der Waals surface area contributed by atoms with Crippen LogP contribution in [0.15, 0.2) is 36.7 Å². The van der Waals surface area contributed by atoms with Crippen molar-refractivity contribution in [2.24, 2.45) is 0 Å². The van der Waals surface area contributed by atoms with Gasteiger partial charge in [0.05, 0.1) is 35.5 Å². The van der Waals surface area contributed by atoms with Crippen LogP contribution in [0.4, 0.5) is 13.2 Å². The predicted molar refractivity (Wildman–Crippen MR) is 69.9 cm³/mol. The molecule has 0 amide bonds. The normalized spacial score (nSPS) is 10.8. The van der Waals surface area contributed by atoms with Gasteiger partial charge in [0.1, 0.15) is 5.82 Å². The highest BCUT2D eigenvalue weighted by molar-refractivity contribution is 5.75. The topological polar surface area (TPSA) is 41.6 Å². The number of benzene rings is 2. The zero-order valence-corrected chi connectivity index (χ0v) is 10.6. The van der Waals surface area contributed by atoms with E-state index in [0.29, 0.717) is 11.1 Å². The SMILES string of the molecule is N#Cc1ccc(F)c(Cn2cnc3cc(F)c(F)cc32)c1. The minimum absolute atomic E-state index is 0.0723. The number of hydrogen-bond donors (Lipinski definition) is 0. The quantitative estimate of drug-likeness (QED) is 0.725. The second-order valence-corrected chi connectivity index (χ2v) is 4.55. The Morgan fingerprint density at radius 2 is 1.81 bits per heavy atom. The van der Waals surface area contributed by atoms with Crippen molar-refractivity contribution in [3.63, 3.8) is 0 Å². The van der Waals surface area contributed by atoms with E-state index in [-0.39, 0.29) is 17.6 Å². The molecule has 21 heavy (non-hydrogen) atoms. The average Bonchev–Trinajstić information content (AvgIpc) is 2.84. The maximum absolute atomic E-state index is 13.8. The minimum Gasteiger partial charge on any atom is -0.326 e. The van der Waals surface area contributed by atoms with Crippen molar-refractivity contribution in [3.8, 4) is 6.07 Å². The monoisotopic (exact) mass is 287 g/mol. The van der Waals surface area contributed by atoms with Gasteiger partial charge in [-0.3, -0.25) is 0 Å². The van der Waals surface area contributed by atoms with Gasteiger partial charge in [-0.25, -0.2) is 18.2 Å². The van der Waals surface area contributed by atoms with Crippen LogP contribution in [0.25, 0.3) is 11.0 Å². The first kappa shape index (κ1) is 13.2. The number of nitriles is 1. The van der Waals surface area contributed by atoms with E-state index in [0.717, 1.165) is 12.1 Å². The van der Waals surface area contributed by atoms with E-state index < -0.39 is 17.5 Å². The summed E-state index contributed by atoms with van der Waals surface area (Å²) >= 11 is 0. The summed E-state index contributed by atoms with van der Waals surface area (Å²) in [5, 5.41) is 8.83. The lowest BCUT2D eigenvalue weighted by atomic mass is 10.1. The molecule has 0 saturated heterocycles. The number of hydrogen-bond acceptors (Lipinski definition) is 2. The third kappa shape index (κ3) is 2.34. The van der Waals surface area contributed by atoms with Crippen LogP contribution in [0.5, 0.6) is 0 Å². The summed E-state index contributed by atoms with van der Waals surface area (Å²) in [6, 6.07) is 7.93. The van der Waals surface area contributed by atoms with Gasteiger partial charge in [0.15, 0.2) is 11.6 Å². The molecule has 3 rings (SSSR count). The van der Waals surface area contributed by atoms with Gasteiger partial charge in [-0.2, -0.15) is 5.26 Å². The van der Waals surface area contributed by atoms with E-state index in [4.69, 9.17) is 5.26 Å². The van der Waals surface area contributed by atoms with Crippen molar-refractivity contribution in [1.29, 1.82) is 5.26 Å². The number of fused-ring (bicyclic) bond motifs is 1. The minimum atomic E-state index is -0.990. The molecule has 1 heterocycles. The smallest absolute Gasteiger partial charge is 0.161 e. The second kappa shape index (κ2) is 4.94. The van der Waals surface area contributed by atoms with Gasteiger partial charge in [0, 0.05) is 17.7 Å². The number of halogens is 3. The third-order valence-corrected chi connectivity index (χ3v) is 3.18. The Balaban J connectivity index is 2.07. The number of imidazole rings is 1. The largest absolute Gasteiger partial charge is 0.326 e. The fraction of sp³-hybridized carbons (Fsp3) is 0.0667. The molecule has 0 bridgehead atoms. The molecule has 6 heteroatoms. The van der Waals surface area contributed by atoms with E-state index >= 15 is 0 Å². The Kier molecular flexibility index (Phi) is 3.10. The number of rotatable bonds is 2. The standard InChI is InChI=1S/C15H8F3N3/c16-11-2-1-9(6-19)3-10(11)7-21-8-20-14-4-12(17)13(18)5-15(14)21/h1-5,8H,7H2. The summed E-state index contributed by atoms with van der Waals surface area (Å²) in [5.41, 5.74) is 1.24. The molecule has 0 aliphatic carbocycles. The van der Waals surface area contributed by atoms with Crippen molar-refractivity contribution in [3.05, 3.63) is 65.2 Å². The Morgan fingerprint density at radius 1 is 1.05 bits per heavy atom. The average molecular weight is 287 g/mol. The van der Waals surface area contributed by atoms with E-state index in [1.807, 2.05) is 6.07 Å². The maximum atomic E-state index is 13.8. The van der Waals surface area contributed by atoms with Gasteiger partial charge < -0.3 is 4.57 Å². The summed E-state index contributed by atoms with van der Waals surface area (Å²) in [4.78, 5) is 3.96. The van der Waals surface area contributed by atoms with Crippen LogP contribution in [0, 0.1) is 28.8 Å². The fourth-order valence-corrected chi connectivity index (χ4v) is 2.13. The van der Waals surface area contributed by atoms with E-state index in [1.54, 1.807) is 0 Å². The summed E-state index contributed by atoms with van der Waals surface area (Å²) in [6.45, 7) is 0.0723. The molecule has 3 nitrogen and oxygen atoms in total. The summed E-state index contributed by atoms with van der Waals surface area (Å²) in [6.07, 6.45) is 1.38. The molecule has 0 aliphatic rings. The first-order valence-corrected chi connectivity index (χ1v) is 6.07. The van der Waals surface area contributed by atoms with Crippen molar-refractivity contribution in [1.82, 2.24) is 9.55 Å². The molecular weight excluding hydrogens is 279 g/mol. The molecule has 0 aliphatic heterocycles. The van der Waals surface area contributed by atoms with Crippen LogP contribution in [0.1, 0.15) is 11.1 Å². The van der Waals surface area contributed by atoms with Crippen molar-refractivity contribution in [2.45, 2.75) is 6.54 Å². The van der Waals surface area contributed by atoms with Crippen LogP contribution in [-0.2, 0) is 6.54 Å². The molecule has 0 radical (unpaired) electrons. The van der Waals surface area contributed by atoms with Gasteiger partial charge in [-0.1, -0.05) is 0 Å². The van der Waals surface area contributed by atoms with E-state index in [1.165, 1.54) is 29.1 Å². The first-order chi connectivity index (χ1) is 10.1. The zero-order valence-electron chi connectivity index (χ0n) is 10.6. The van der Waals surface area contributed by atoms with Crippen LogP contribution < -0.4 is 0 Å². The lowest BCUT2D eigenvalue weighted by molar-refractivity contribution is 0.510. The van der Waals surface area contributed by atoms with Crippen LogP contribution in [0.2, 0.25) is 0 Å². The molecule has 0 N–H and O–H groups in total. The molecule has 0 spiro atoms. The highest BCUT2D eigenvalue weighted by Crippen LogP contribution is 2.20. The van der Waals surface area contributed by atoms with Gasteiger partial charge in [0.2, 0.25) is 0 Å². The van der Waals surface area contributed by atoms with Gasteiger partial charge >= 0.3 is 0 Å². The third-order valence-electron chi connectivity index (χ3n) is 3.18. The lowest BCUT2D eigenvalue weighted by Gasteiger charge is -2.06. The first-order valence-electron chi connectivity index (χ1n) is 6.07. The number of aromatic nitrogens is 2. The molecule has 2 aromatic carbocycles. The number of nitrogens with zero attached hydrogens (tertiary/aromatic N) is 3. The molecule has 0 fully saturated rings. The van der Waals surface area contributed by atoms with Gasteiger partial charge in [0.25, 0.3) is 0 Å². The fourth-order valence-electron chi connectivity index (χ4n) is 2.13. The Morgan fingerprint density at radius 3 is 2.57 bits per heavy atom. The van der Waals surface area contributed by atoms with Crippen molar-refractivity contribution < 1.29 is 13.2 Å². The van der Waals surface area contributed by atoms with Crippen LogP contribution >= 0.6 is 0 Å². The summed E-state index contributed by atoms with van der Waals surface area (Å²) < 4.78 is 41.7. The highest BCUT2D eigenvalue weighted by atomic mass is 19.2. The maximum Gasteiger partial charge on any atom is 0.161 e. The molecule has 0 unspecified atom stereocenters. The Bertz CT molecular complexity index is 878. The Hall–Kier alpha value is -2.81. The van der Waals surface area contributed by atoms with Crippen LogP contribution in [-0.4, -0.2) is 9.55 Å². The lowest BCUT2D eigenvalue weighted by Crippen LogP contribution is -2.01. The molecule has 0 saturated carbocycles. The van der Waals surface area contributed by atoms with Gasteiger partial charge in [-0.05, 0) is 18.2 Å². The second-order valence-electron chi connectivity index (χ2n) is 4.55. The summed E-state index contributed by atoms with van der Waals surface area (Å²) in [7, 11) is 0. The molecular formula is C15H8F3N3. The van der Waals surface area contributed by atoms with E-state index in [2.05, 4.69) is 4.98 Å². The van der Waals surface area contributed by atoms with Crippen LogP contribution in [0.3, 0.4) is 0 Å². The van der Waals surface area contributed by atoms with Crippen molar-refractivity contribution >= 4 is 11.0 Å². The molecule has 0 atom stereocenters. The highest BCUT2D eigenvalue weighted by Gasteiger charge is 2.11.